The fourth-order valence-electron chi connectivity index (χ4n) is 2.98. The van der Waals surface area contributed by atoms with Crippen molar-refractivity contribution in [1.82, 2.24) is 4.90 Å². The number of hydrogen-bond acceptors (Lipinski definition) is 3. The number of carboxylic acid groups (broad SMARTS) is 1. The smallest absolute Gasteiger partial charge is 0.309 e. The van der Waals surface area contributed by atoms with Crippen LogP contribution in [0.15, 0.2) is 24.3 Å². The summed E-state index contributed by atoms with van der Waals surface area (Å²) in [6.07, 6.45) is 0.181. The first-order valence-electron chi connectivity index (χ1n) is 6.79. The van der Waals surface area contributed by atoms with Crippen LogP contribution in [0.1, 0.15) is 54.8 Å². The first-order chi connectivity index (χ1) is 9.58. The van der Waals surface area contributed by atoms with Crippen molar-refractivity contribution >= 4 is 17.8 Å². The van der Waals surface area contributed by atoms with E-state index in [1.807, 2.05) is 0 Å². The van der Waals surface area contributed by atoms with E-state index in [1.54, 1.807) is 52.0 Å². The molecule has 0 radical (unpaired) electrons. The summed E-state index contributed by atoms with van der Waals surface area (Å²) in [7, 11) is 0. The van der Waals surface area contributed by atoms with Gasteiger partial charge in [0.25, 0.3) is 11.8 Å². The Morgan fingerprint density at radius 1 is 1.05 bits per heavy atom. The lowest BCUT2D eigenvalue weighted by molar-refractivity contribution is -0.148. The number of hydrogen-bond donors (Lipinski definition) is 1. The summed E-state index contributed by atoms with van der Waals surface area (Å²) in [5, 5.41) is 9.26. The first kappa shape index (κ1) is 15.2. The second kappa shape index (κ2) is 4.69. The summed E-state index contributed by atoms with van der Waals surface area (Å²) in [5.41, 5.74) is -1.15. The molecule has 0 unspecified atom stereocenters. The largest absolute Gasteiger partial charge is 0.481 e. The van der Waals surface area contributed by atoms with Gasteiger partial charge in [-0.05, 0) is 46.2 Å². The molecule has 5 heteroatoms. The van der Waals surface area contributed by atoms with Crippen LogP contribution in [0, 0.1) is 5.41 Å². The molecule has 1 aliphatic heterocycles. The van der Waals surface area contributed by atoms with Gasteiger partial charge in [-0.3, -0.25) is 19.3 Å². The van der Waals surface area contributed by atoms with Gasteiger partial charge in [0, 0.05) is 5.54 Å². The maximum Gasteiger partial charge on any atom is 0.309 e. The van der Waals surface area contributed by atoms with Gasteiger partial charge in [-0.2, -0.15) is 0 Å². The molecular weight excluding hydrogens is 270 g/mol. The predicted octanol–water partition coefficient (Wildman–Crippen LogP) is 2.56. The third-order valence-corrected chi connectivity index (χ3v) is 3.85. The number of carboxylic acids is 1. The van der Waals surface area contributed by atoms with E-state index >= 15 is 0 Å². The van der Waals surface area contributed by atoms with E-state index in [0.717, 1.165) is 0 Å². The predicted molar refractivity (Wildman–Crippen MR) is 77.1 cm³/mol. The van der Waals surface area contributed by atoms with Gasteiger partial charge in [-0.1, -0.05) is 12.1 Å². The molecule has 0 atom stereocenters. The maximum absolute atomic E-state index is 12.5. The summed E-state index contributed by atoms with van der Waals surface area (Å²) in [6, 6.07) is 6.66. The van der Waals surface area contributed by atoms with E-state index in [-0.39, 0.29) is 18.2 Å². The summed E-state index contributed by atoms with van der Waals surface area (Å²) in [6.45, 7) is 6.63. The number of carbonyl (C=O) groups excluding carboxylic acids is 2. The minimum absolute atomic E-state index is 0.181. The van der Waals surface area contributed by atoms with Gasteiger partial charge < -0.3 is 5.11 Å². The van der Waals surface area contributed by atoms with E-state index < -0.39 is 16.9 Å². The molecule has 2 amide bonds. The SMILES string of the molecule is CC(C)(CC(C)(C)N1C(=O)c2ccccc2C1=O)C(=O)O. The topological polar surface area (TPSA) is 74.7 Å². The molecule has 0 spiro atoms. The molecule has 0 aliphatic carbocycles. The standard InChI is InChI=1S/C16H19NO4/c1-15(2,14(20)21)9-16(3,4)17-12(18)10-7-5-6-8-11(10)13(17)19/h5-8H,9H2,1-4H3,(H,20,21). The van der Waals surface area contributed by atoms with Gasteiger partial charge in [0.15, 0.2) is 0 Å². The Bertz CT molecular complexity index is 596. The van der Waals surface area contributed by atoms with Crippen LogP contribution in [0.25, 0.3) is 0 Å². The molecule has 1 aromatic rings. The number of carbonyl (C=O) groups is 3. The van der Waals surface area contributed by atoms with Gasteiger partial charge in [0.05, 0.1) is 16.5 Å². The van der Waals surface area contributed by atoms with Crippen LogP contribution in [0.3, 0.4) is 0 Å². The van der Waals surface area contributed by atoms with Crippen LogP contribution in [0.2, 0.25) is 0 Å². The zero-order valence-corrected chi connectivity index (χ0v) is 12.6. The fourth-order valence-corrected chi connectivity index (χ4v) is 2.98. The Kier molecular flexibility index (Phi) is 3.40. The highest BCUT2D eigenvalue weighted by Crippen LogP contribution is 2.36. The summed E-state index contributed by atoms with van der Waals surface area (Å²) in [5.74, 6) is -1.67. The van der Waals surface area contributed by atoms with Gasteiger partial charge >= 0.3 is 5.97 Å². The van der Waals surface area contributed by atoms with Crippen molar-refractivity contribution in [2.24, 2.45) is 5.41 Å². The molecule has 1 aliphatic rings. The van der Waals surface area contributed by atoms with E-state index in [2.05, 4.69) is 0 Å². The molecule has 0 bridgehead atoms. The van der Waals surface area contributed by atoms with Crippen LogP contribution < -0.4 is 0 Å². The Labute approximate surface area is 123 Å². The number of imide groups is 1. The highest BCUT2D eigenvalue weighted by atomic mass is 16.4. The van der Waals surface area contributed by atoms with Crippen LogP contribution >= 0.6 is 0 Å². The van der Waals surface area contributed by atoms with Gasteiger partial charge in [-0.25, -0.2) is 0 Å². The number of benzene rings is 1. The van der Waals surface area contributed by atoms with Crippen molar-refractivity contribution in [3.8, 4) is 0 Å². The second-order valence-electron chi connectivity index (χ2n) is 6.67. The monoisotopic (exact) mass is 289 g/mol. The molecule has 5 nitrogen and oxygen atoms in total. The maximum atomic E-state index is 12.5. The molecule has 112 valence electrons. The van der Waals surface area contributed by atoms with Crippen LogP contribution in [-0.2, 0) is 4.79 Å². The molecule has 0 saturated carbocycles. The van der Waals surface area contributed by atoms with Gasteiger partial charge in [0.1, 0.15) is 0 Å². The Morgan fingerprint density at radius 3 is 1.86 bits per heavy atom. The van der Waals surface area contributed by atoms with E-state index in [9.17, 15) is 19.5 Å². The quantitative estimate of drug-likeness (QED) is 0.864. The Morgan fingerprint density at radius 2 is 1.48 bits per heavy atom. The van der Waals surface area contributed by atoms with Crippen molar-refractivity contribution in [1.29, 1.82) is 0 Å². The van der Waals surface area contributed by atoms with Crippen molar-refractivity contribution in [3.63, 3.8) is 0 Å². The number of amides is 2. The first-order valence-corrected chi connectivity index (χ1v) is 6.79. The molecule has 0 saturated heterocycles. The normalized spacial score (nSPS) is 15.3. The highest BCUT2D eigenvalue weighted by molar-refractivity contribution is 6.21. The third kappa shape index (κ3) is 2.44. The molecule has 1 N–H and O–H groups in total. The minimum atomic E-state index is -1.03. The Balaban J connectivity index is 2.37. The summed E-state index contributed by atoms with van der Waals surface area (Å²) >= 11 is 0. The number of nitrogens with zero attached hydrogens (tertiary/aromatic N) is 1. The van der Waals surface area contributed by atoms with E-state index in [1.165, 1.54) is 4.90 Å². The minimum Gasteiger partial charge on any atom is -0.481 e. The number of aliphatic carboxylic acids is 1. The number of fused-ring (bicyclic) bond motifs is 1. The molecule has 0 aromatic heterocycles. The molecule has 0 fully saturated rings. The van der Waals surface area contributed by atoms with Crippen LogP contribution in [-0.4, -0.2) is 33.3 Å². The lowest BCUT2D eigenvalue weighted by Crippen LogP contribution is -2.50. The molecule has 21 heavy (non-hydrogen) atoms. The lowest BCUT2D eigenvalue weighted by atomic mass is 9.79. The van der Waals surface area contributed by atoms with Crippen LogP contribution in [0.5, 0.6) is 0 Å². The zero-order chi connectivity index (χ0) is 16.0. The molecule has 1 heterocycles. The zero-order valence-electron chi connectivity index (χ0n) is 12.6. The van der Waals surface area contributed by atoms with Gasteiger partial charge in [0.2, 0.25) is 0 Å². The number of rotatable bonds is 4. The van der Waals surface area contributed by atoms with E-state index in [0.29, 0.717) is 11.1 Å². The molecule has 2 rings (SSSR count). The van der Waals surface area contributed by atoms with Gasteiger partial charge in [-0.15, -0.1) is 0 Å². The average molecular weight is 289 g/mol. The molecular formula is C16H19NO4. The Hall–Kier alpha value is -2.17. The summed E-state index contributed by atoms with van der Waals surface area (Å²) in [4.78, 5) is 37.4. The van der Waals surface area contributed by atoms with Crippen molar-refractivity contribution in [2.75, 3.05) is 0 Å². The van der Waals surface area contributed by atoms with E-state index in [4.69, 9.17) is 0 Å². The average Bonchev–Trinajstić information content (AvgIpc) is 2.61. The molecule has 1 aromatic carbocycles. The fraction of sp³-hybridized carbons (Fsp3) is 0.438. The van der Waals surface area contributed by atoms with Crippen molar-refractivity contribution in [2.45, 2.75) is 39.7 Å². The lowest BCUT2D eigenvalue weighted by Gasteiger charge is -2.38. The highest BCUT2D eigenvalue weighted by Gasteiger charge is 2.47. The third-order valence-electron chi connectivity index (χ3n) is 3.85. The van der Waals surface area contributed by atoms with Crippen LogP contribution in [0.4, 0.5) is 0 Å². The van der Waals surface area contributed by atoms with Crippen molar-refractivity contribution < 1.29 is 19.5 Å². The summed E-state index contributed by atoms with van der Waals surface area (Å²) < 4.78 is 0. The second-order valence-corrected chi connectivity index (χ2v) is 6.67. The van der Waals surface area contributed by atoms with Crippen molar-refractivity contribution in [3.05, 3.63) is 35.4 Å².